The molecule has 0 radical (unpaired) electrons. The second-order valence-corrected chi connectivity index (χ2v) is 5.05. The van der Waals surface area contributed by atoms with Gasteiger partial charge in [-0.05, 0) is 25.5 Å². The number of amides is 1. The lowest BCUT2D eigenvalue weighted by Crippen LogP contribution is -2.30. The van der Waals surface area contributed by atoms with E-state index in [2.05, 4.69) is 5.32 Å². The molecule has 1 saturated heterocycles. The summed E-state index contributed by atoms with van der Waals surface area (Å²) in [4.78, 5) is 14.3. The van der Waals surface area contributed by atoms with Gasteiger partial charge < -0.3 is 15.0 Å². The van der Waals surface area contributed by atoms with Crippen LogP contribution in [-0.2, 0) is 4.74 Å². The highest BCUT2D eigenvalue weighted by Crippen LogP contribution is 2.24. The maximum atomic E-state index is 13.8. The number of nitrogens with zero attached hydrogens (tertiary/aromatic N) is 1. The summed E-state index contributed by atoms with van der Waals surface area (Å²) >= 11 is 0. The molecule has 1 heterocycles. The summed E-state index contributed by atoms with van der Waals surface area (Å²) in [6, 6.07) is 4.62. The van der Waals surface area contributed by atoms with E-state index in [0.717, 1.165) is 6.42 Å². The Labute approximate surface area is 118 Å². The summed E-state index contributed by atoms with van der Waals surface area (Å²) in [5.74, 6) is -0.121. The lowest BCUT2D eigenvalue weighted by molar-refractivity contribution is 0.0776. The van der Waals surface area contributed by atoms with E-state index in [9.17, 15) is 9.18 Å². The Bertz CT molecular complexity index is 479. The Hall–Kier alpha value is -1.62. The summed E-state index contributed by atoms with van der Waals surface area (Å²) in [7, 11) is 1.67. The lowest BCUT2D eigenvalue weighted by atomic mass is 10.1. The van der Waals surface area contributed by atoms with E-state index in [4.69, 9.17) is 4.74 Å². The number of benzene rings is 1. The van der Waals surface area contributed by atoms with E-state index in [0.29, 0.717) is 43.4 Å². The molecule has 0 spiro atoms. The Morgan fingerprint density at radius 3 is 3.05 bits per heavy atom. The Morgan fingerprint density at radius 1 is 1.55 bits per heavy atom. The van der Waals surface area contributed by atoms with E-state index in [-0.39, 0.29) is 11.7 Å². The standard InChI is InChI=1S/C15H21FN2O2/c1-3-17-14-12(5-4-6-13(14)16)15(19)18-8-7-11(9-18)10-20-2/h4-6,11,17H,3,7-10H2,1-2H3. The minimum atomic E-state index is -0.384. The van der Waals surface area contributed by atoms with Crippen molar-refractivity contribution in [2.45, 2.75) is 13.3 Å². The van der Waals surface area contributed by atoms with Crippen molar-refractivity contribution in [3.8, 4) is 0 Å². The van der Waals surface area contributed by atoms with Crippen molar-refractivity contribution < 1.29 is 13.9 Å². The highest BCUT2D eigenvalue weighted by molar-refractivity contribution is 5.99. The van der Waals surface area contributed by atoms with Crippen molar-refractivity contribution in [3.05, 3.63) is 29.6 Å². The van der Waals surface area contributed by atoms with Crippen LogP contribution in [0.3, 0.4) is 0 Å². The normalized spacial score (nSPS) is 18.4. The molecule has 1 aromatic carbocycles. The number of hydrogen-bond donors (Lipinski definition) is 1. The summed E-state index contributed by atoms with van der Waals surface area (Å²) in [6.07, 6.45) is 0.936. The number of para-hydroxylation sites is 1. The first-order chi connectivity index (χ1) is 9.67. The monoisotopic (exact) mass is 280 g/mol. The van der Waals surface area contributed by atoms with Gasteiger partial charge in [0.25, 0.3) is 5.91 Å². The van der Waals surface area contributed by atoms with E-state index in [1.54, 1.807) is 24.1 Å². The maximum Gasteiger partial charge on any atom is 0.256 e. The molecule has 20 heavy (non-hydrogen) atoms. The maximum absolute atomic E-state index is 13.8. The highest BCUT2D eigenvalue weighted by Gasteiger charge is 2.28. The van der Waals surface area contributed by atoms with E-state index >= 15 is 0 Å². The molecule has 1 aliphatic rings. The Balaban J connectivity index is 2.15. The molecule has 0 bridgehead atoms. The molecule has 4 nitrogen and oxygen atoms in total. The van der Waals surface area contributed by atoms with Crippen molar-refractivity contribution in [1.82, 2.24) is 4.90 Å². The fourth-order valence-corrected chi connectivity index (χ4v) is 2.62. The number of anilines is 1. The van der Waals surface area contributed by atoms with Crippen LogP contribution in [-0.4, -0.2) is 44.2 Å². The third-order valence-corrected chi connectivity index (χ3v) is 3.57. The molecule has 5 heteroatoms. The van der Waals surface area contributed by atoms with Gasteiger partial charge in [-0.1, -0.05) is 6.07 Å². The summed E-state index contributed by atoms with van der Waals surface area (Å²) < 4.78 is 19.0. The summed E-state index contributed by atoms with van der Waals surface area (Å²) in [5, 5.41) is 2.94. The van der Waals surface area contributed by atoms with Gasteiger partial charge in [0.15, 0.2) is 0 Å². The topological polar surface area (TPSA) is 41.6 Å². The molecule has 0 saturated carbocycles. The zero-order valence-electron chi connectivity index (χ0n) is 12.0. The van der Waals surface area contributed by atoms with Crippen molar-refractivity contribution in [2.75, 3.05) is 38.7 Å². The van der Waals surface area contributed by atoms with Crippen molar-refractivity contribution in [1.29, 1.82) is 0 Å². The van der Waals surface area contributed by atoms with Gasteiger partial charge >= 0.3 is 0 Å². The van der Waals surface area contributed by atoms with Gasteiger partial charge in [0, 0.05) is 32.7 Å². The smallest absolute Gasteiger partial charge is 0.256 e. The molecule has 0 aromatic heterocycles. The van der Waals surface area contributed by atoms with Gasteiger partial charge in [-0.2, -0.15) is 0 Å². The van der Waals surface area contributed by atoms with E-state index in [1.807, 2.05) is 6.92 Å². The number of halogens is 1. The average Bonchev–Trinajstić information content (AvgIpc) is 2.89. The SMILES string of the molecule is CCNc1c(F)cccc1C(=O)N1CCC(COC)C1. The summed E-state index contributed by atoms with van der Waals surface area (Å²) in [6.45, 7) is 4.50. The lowest BCUT2D eigenvalue weighted by Gasteiger charge is -2.19. The summed E-state index contributed by atoms with van der Waals surface area (Å²) in [5.41, 5.74) is 0.708. The number of hydrogen-bond acceptors (Lipinski definition) is 3. The van der Waals surface area contributed by atoms with Crippen LogP contribution in [0.15, 0.2) is 18.2 Å². The van der Waals surface area contributed by atoms with Crippen molar-refractivity contribution in [3.63, 3.8) is 0 Å². The third kappa shape index (κ3) is 3.10. The number of methoxy groups -OCH3 is 1. The highest BCUT2D eigenvalue weighted by atomic mass is 19.1. The first-order valence-corrected chi connectivity index (χ1v) is 6.98. The second kappa shape index (κ2) is 6.70. The number of carbonyl (C=O) groups excluding carboxylic acids is 1. The molecule has 1 N–H and O–H groups in total. The van der Waals surface area contributed by atoms with E-state index < -0.39 is 0 Å². The van der Waals surface area contributed by atoms with Crippen LogP contribution in [0.4, 0.5) is 10.1 Å². The fraction of sp³-hybridized carbons (Fsp3) is 0.533. The number of nitrogens with one attached hydrogen (secondary N) is 1. The van der Waals surface area contributed by atoms with Crippen LogP contribution in [0.1, 0.15) is 23.7 Å². The van der Waals surface area contributed by atoms with Crippen LogP contribution in [0.5, 0.6) is 0 Å². The average molecular weight is 280 g/mol. The number of ether oxygens (including phenoxy) is 1. The van der Waals surface area contributed by atoms with E-state index in [1.165, 1.54) is 6.07 Å². The molecule has 1 fully saturated rings. The molecule has 1 unspecified atom stereocenters. The predicted molar refractivity (Wildman–Crippen MR) is 76.5 cm³/mol. The number of likely N-dealkylation sites (tertiary alicyclic amines) is 1. The van der Waals surface area contributed by atoms with Crippen LogP contribution in [0.2, 0.25) is 0 Å². The van der Waals surface area contributed by atoms with Gasteiger partial charge in [0.1, 0.15) is 5.82 Å². The fourth-order valence-electron chi connectivity index (χ4n) is 2.62. The first-order valence-electron chi connectivity index (χ1n) is 6.98. The van der Waals surface area contributed by atoms with Gasteiger partial charge in [-0.15, -0.1) is 0 Å². The predicted octanol–water partition coefficient (Wildman–Crippen LogP) is 2.37. The van der Waals surface area contributed by atoms with Crippen molar-refractivity contribution >= 4 is 11.6 Å². The molecule has 1 aromatic rings. The molecule has 110 valence electrons. The third-order valence-electron chi connectivity index (χ3n) is 3.57. The van der Waals surface area contributed by atoms with Crippen LogP contribution < -0.4 is 5.32 Å². The molecular weight excluding hydrogens is 259 g/mol. The van der Waals surface area contributed by atoms with Gasteiger partial charge in [-0.25, -0.2) is 4.39 Å². The first kappa shape index (κ1) is 14.8. The van der Waals surface area contributed by atoms with Gasteiger partial charge in [0.05, 0.1) is 17.9 Å². The molecule has 0 aliphatic carbocycles. The quantitative estimate of drug-likeness (QED) is 0.900. The van der Waals surface area contributed by atoms with Gasteiger partial charge in [-0.3, -0.25) is 4.79 Å². The van der Waals surface area contributed by atoms with Crippen molar-refractivity contribution in [2.24, 2.45) is 5.92 Å². The van der Waals surface area contributed by atoms with Gasteiger partial charge in [0.2, 0.25) is 0 Å². The van der Waals surface area contributed by atoms with Crippen LogP contribution in [0, 0.1) is 11.7 Å². The number of carbonyl (C=O) groups is 1. The molecule has 1 atom stereocenters. The van der Waals surface area contributed by atoms with Crippen LogP contribution >= 0.6 is 0 Å². The van der Waals surface area contributed by atoms with Crippen LogP contribution in [0.25, 0.3) is 0 Å². The molecule has 1 aliphatic heterocycles. The minimum Gasteiger partial charge on any atom is -0.384 e. The largest absolute Gasteiger partial charge is 0.384 e. The molecule has 2 rings (SSSR count). The minimum absolute atomic E-state index is 0.112. The zero-order chi connectivity index (χ0) is 14.5. The number of rotatable bonds is 5. The second-order valence-electron chi connectivity index (χ2n) is 5.05. The Morgan fingerprint density at radius 2 is 2.35 bits per heavy atom. The molecule has 1 amide bonds. The zero-order valence-corrected chi connectivity index (χ0v) is 12.0. The molecular formula is C15H21FN2O2. The Kier molecular flexibility index (Phi) is 4.95.